The summed E-state index contributed by atoms with van der Waals surface area (Å²) in [4.78, 5) is -0.178. The molecule has 168 valence electrons. The fourth-order valence-corrected chi connectivity index (χ4v) is 14.2. The zero-order chi connectivity index (χ0) is 23.1. The van der Waals surface area contributed by atoms with Gasteiger partial charge in [-0.1, -0.05) is 17.7 Å². The van der Waals surface area contributed by atoms with Gasteiger partial charge in [-0.25, -0.2) is 8.42 Å². The van der Waals surface area contributed by atoms with E-state index in [4.69, 9.17) is 23.2 Å². The quantitative estimate of drug-likeness (QED) is 0.281. The number of halogens is 2. The average molecular weight is 596 g/mol. The van der Waals surface area contributed by atoms with E-state index in [0.717, 1.165) is 19.5 Å². The molecule has 0 spiro atoms. The van der Waals surface area contributed by atoms with Gasteiger partial charge in [0.2, 0.25) is 0 Å². The summed E-state index contributed by atoms with van der Waals surface area (Å²) in [6, 6.07) is 23.0. The molecule has 0 heterocycles. The van der Waals surface area contributed by atoms with Crippen LogP contribution in [0, 0.1) is 6.92 Å². The van der Waals surface area contributed by atoms with Crippen molar-refractivity contribution in [1.82, 2.24) is 0 Å². The minimum absolute atomic E-state index is 0.178. The molecule has 0 atom stereocenters. The fourth-order valence-electron chi connectivity index (χ4n) is 3.99. The summed E-state index contributed by atoms with van der Waals surface area (Å²) in [5.41, 5.74) is 0.928. The molecule has 1 saturated carbocycles. The molecule has 0 bridgehead atoms. The Morgan fingerprint density at radius 3 is 1.59 bits per heavy atom. The Morgan fingerprint density at radius 1 is 0.750 bits per heavy atom. The van der Waals surface area contributed by atoms with Gasteiger partial charge in [0.25, 0.3) is 0 Å². The molecule has 32 heavy (non-hydrogen) atoms. The molecule has 0 radical (unpaired) electrons. The first-order valence-corrected chi connectivity index (χ1v) is 17.3. The molecule has 1 aliphatic rings. The van der Waals surface area contributed by atoms with Crippen LogP contribution in [0.1, 0.15) is 37.7 Å². The summed E-state index contributed by atoms with van der Waals surface area (Å²) in [6.45, 7) is 1.82. The summed E-state index contributed by atoms with van der Waals surface area (Å²) >= 11 is 10.3. The Bertz CT molecular complexity index is 1050. The molecule has 3 aromatic carbocycles. The molecule has 0 amide bonds. The number of benzene rings is 3. The van der Waals surface area contributed by atoms with Crippen molar-refractivity contribution < 1.29 is 13.0 Å². The van der Waals surface area contributed by atoms with Gasteiger partial charge in [-0.15, -0.1) is 0 Å². The van der Waals surface area contributed by atoms with Crippen LogP contribution in [-0.2, 0) is 10.1 Å². The van der Waals surface area contributed by atoms with Gasteiger partial charge in [0, 0.05) is 0 Å². The Morgan fingerprint density at radius 2 is 1.19 bits per heavy atom. The third-order valence-electron chi connectivity index (χ3n) is 5.63. The van der Waals surface area contributed by atoms with Crippen molar-refractivity contribution in [3.8, 4) is 0 Å². The van der Waals surface area contributed by atoms with Gasteiger partial charge in [0.1, 0.15) is 10.1 Å². The van der Waals surface area contributed by atoms with E-state index in [-0.39, 0.29) is 4.90 Å². The molecule has 0 N–H and O–H groups in total. The first-order valence-electron chi connectivity index (χ1n) is 10.7. The average Bonchev–Trinajstić information content (AvgIpc) is 2.77. The Hall–Kier alpha value is -1.05. The maximum absolute atomic E-state index is 10.4. The molecular formula is C25H26Cl2O3SSn. The van der Waals surface area contributed by atoms with Gasteiger partial charge >= 0.3 is 145 Å². The topological polar surface area (TPSA) is 57.2 Å². The van der Waals surface area contributed by atoms with E-state index in [2.05, 4.69) is 48.5 Å². The standard InChI is InChI=1S/C7H8O3S.2C6H4Cl.C6H11.Sn/c1-6-2-4-7(5-3-6)11(8,9)10;2*7-6-4-2-1-3-5-6;1-2-4-6-5-3-1;/h2-5H,1H3,(H,8,9,10);2*2-5H;1H,2-6H2;/q;;;;+1/p-1. The molecule has 3 nitrogen and oxygen atoms in total. The van der Waals surface area contributed by atoms with Crippen molar-refractivity contribution in [1.29, 1.82) is 0 Å². The SMILES string of the molecule is Cc1ccc(S(=O)(=O)[O-])cc1.Clc1cc[c]([Sn+]([c]2ccc(Cl)cc2)[CH]2CCCCC2)cc1. The van der Waals surface area contributed by atoms with E-state index >= 15 is 0 Å². The molecular weight excluding hydrogens is 570 g/mol. The van der Waals surface area contributed by atoms with Gasteiger partial charge in [0.05, 0.1) is 4.90 Å². The summed E-state index contributed by atoms with van der Waals surface area (Å²) in [7, 11) is -4.27. The van der Waals surface area contributed by atoms with Crippen molar-refractivity contribution in [3.63, 3.8) is 0 Å². The van der Waals surface area contributed by atoms with Gasteiger partial charge in [-0.05, 0) is 19.1 Å². The van der Waals surface area contributed by atoms with Crippen LogP contribution in [0.25, 0.3) is 0 Å². The Balaban J connectivity index is 0.000000222. The van der Waals surface area contributed by atoms with Gasteiger partial charge in [-0.3, -0.25) is 0 Å². The molecule has 0 saturated heterocycles. The van der Waals surface area contributed by atoms with Gasteiger partial charge < -0.3 is 4.55 Å². The predicted octanol–water partition coefficient (Wildman–Crippen LogP) is 5.84. The van der Waals surface area contributed by atoms with Crippen molar-refractivity contribution in [2.75, 3.05) is 0 Å². The van der Waals surface area contributed by atoms with Crippen LogP contribution in [0.2, 0.25) is 14.0 Å². The van der Waals surface area contributed by atoms with Crippen LogP contribution in [0.15, 0.2) is 77.7 Å². The van der Waals surface area contributed by atoms with Crippen LogP contribution >= 0.6 is 23.2 Å². The molecule has 0 aromatic heterocycles. The molecule has 0 aliphatic heterocycles. The number of rotatable bonds is 4. The van der Waals surface area contributed by atoms with Crippen LogP contribution in [0.3, 0.4) is 0 Å². The molecule has 1 aliphatic carbocycles. The monoisotopic (exact) mass is 596 g/mol. The van der Waals surface area contributed by atoms with E-state index in [1.807, 2.05) is 6.92 Å². The second-order valence-electron chi connectivity index (χ2n) is 8.03. The summed E-state index contributed by atoms with van der Waals surface area (Å²) in [5.74, 6) is 0. The van der Waals surface area contributed by atoms with Crippen molar-refractivity contribution in [2.24, 2.45) is 0 Å². The Kier molecular flexibility index (Phi) is 9.50. The zero-order valence-electron chi connectivity index (χ0n) is 17.9. The zero-order valence-corrected chi connectivity index (χ0v) is 23.1. The van der Waals surface area contributed by atoms with Crippen LogP contribution in [0.5, 0.6) is 0 Å². The predicted molar refractivity (Wildman–Crippen MR) is 134 cm³/mol. The molecule has 4 rings (SSSR count). The van der Waals surface area contributed by atoms with Crippen LogP contribution in [0.4, 0.5) is 0 Å². The molecule has 3 aromatic rings. The van der Waals surface area contributed by atoms with E-state index in [1.165, 1.54) is 44.2 Å². The first kappa shape index (κ1) is 25.6. The van der Waals surface area contributed by atoms with E-state index in [1.54, 1.807) is 19.3 Å². The number of aryl methyl sites for hydroxylation is 1. The molecule has 7 heteroatoms. The summed E-state index contributed by atoms with van der Waals surface area (Å²) < 4.78 is 35.2. The second-order valence-corrected chi connectivity index (χ2v) is 18.3. The Labute approximate surface area is 208 Å². The first-order chi connectivity index (χ1) is 15.2. The maximum atomic E-state index is 10.4. The van der Waals surface area contributed by atoms with Crippen LogP contribution < -0.4 is 7.16 Å². The summed E-state index contributed by atoms with van der Waals surface area (Å²) in [5, 5.41) is 1.67. The van der Waals surface area contributed by atoms with E-state index in [9.17, 15) is 13.0 Å². The third kappa shape index (κ3) is 7.49. The summed E-state index contributed by atoms with van der Waals surface area (Å²) in [6.07, 6.45) is 7.01. The second kappa shape index (κ2) is 11.9. The third-order valence-corrected chi connectivity index (χ3v) is 16.4. The van der Waals surface area contributed by atoms with Crippen LogP contribution in [-0.4, -0.2) is 32.7 Å². The normalized spacial score (nSPS) is 14.4. The number of hydrogen-bond acceptors (Lipinski definition) is 3. The fraction of sp³-hybridized carbons (Fsp3) is 0.280. The van der Waals surface area contributed by atoms with Crippen molar-refractivity contribution in [3.05, 3.63) is 88.4 Å². The van der Waals surface area contributed by atoms with Crippen molar-refractivity contribution in [2.45, 2.75) is 47.9 Å². The van der Waals surface area contributed by atoms with E-state index in [0.29, 0.717) is 0 Å². The molecule has 0 unspecified atom stereocenters. The van der Waals surface area contributed by atoms with Gasteiger partial charge in [-0.2, -0.15) is 0 Å². The number of hydrogen-bond donors (Lipinski definition) is 0. The van der Waals surface area contributed by atoms with E-state index < -0.39 is 29.9 Å². The minimum atomic E-state index is -4.27. The van der Waals surface area contributed by atoms with Gasteiger partial charge in [0.15, 0.2) is 0 Å². The molecule has 1 fully saturated rings. The van der Waals surface area contributed by atoms with Crippen molar-refractivity contribution >= 4 is 60.2 Å².